The van der Waals surface area contributed by atoms with Crippen molar-refractivity contribution in [3.63, 3.8) is 0 Å². The Hall–Kier alpha value is 0.0169. The third-order valence-corrected chi connectivity index (χ3v) is 6.30. The molecule has 0 spiro atoms. The molecule has 0 bridgehead atoms. The van der Waals surface area contributed by atoms with Crippen molar-refractivity contribution in [2.75, 3.05) is 53.6 Å². The van der Waals surface area contributed by atoms with E-state index in [9.17, 15) is 0 Å². The fraction of sp³-hybridized carbons (Fsp3) is 1.00. The number of piperazine rings is 1. The van der Waals surface area contributed by atoms with Gasteiger partial charge in [-0.25, -0.2) is 0 Å². The molecule has 1 atom stereocenters. The zero-order chi connectivity index (χ0) is 12.8. The van der Waals surface area contributed by atoms with E-state index >= 15 is 0 Å². The quantitative estimate of drug-likeness (QED) is 0.708. The Morgan fingerprint density at radius 1 is 1.22 bits per heavy atom. The van der Waals surface area contributed by atoms with Crippen LogP contribution in [-0.2, 0) is 13.6 Å². The molecule has 2 fully saturated rings. The summed E-state index contributed by atoms with van der Waals surface area (Å²) in [6, 6.07) is 0. The lowest BCUT2D eigenvalue weighted by atomic mass is 10.1. The van der Waals surface area contributed by atoms with E-state index in [1.807, 2.05) is 0 Å². The molecule has 2 aliphatic heterocycles. The zero-order valence-electron chi connectivity index (χ0n) is 11.6. The van der Waals surface area contributed by atoms with Gasteiger partial charge in [0.15, 0.2) is 0 Å². The standard InChI is InChI=1S/C12H26N2O3Si/c1-15-18(16-2)12(5-3-4-10-17-12)11-14-8-6-13-7-9-14/h13,18H,3-11H2,1-2H3. The van der Waals surface area contributed by atoms with Crippen molar-refractivity contribution >= 4 is 9.28 Å². The van der Waals surface area contributed by atoms with Crippen molar-refractivity contribution in [2.45, 2.75) is 24.5 Å². The Morgan fingerprint density at radius 2 is 1.94 bits per heavy atom. The molecule has 0 aromatic carbocycles. The van der Waals surface area contributed by atoms with E-state index in [4.69, 9.17) is 13.6 Å². The summed E-state index contributed by atoms with van der Waals surface area (Å²) in [7, 11) is 1.76. The summed E-state index contributed by atoms with van der Waals surface area (Å²) in [4.78, 5) is 2.49. The lowest BCUT2D eigenvalue weighted by Crippen LogP contribution is -2.61. The highest BCUT2D eigenvalue weighted by molar-refractivity contribution is 6.48. The van der Waals surface area contributed by atoms with Crippen LogP contribution in [0, 0.1) is 0 Å². The molecule has 0 aliphatic carbocycles. The fourth-order valence-electron chi connectivity index (χ4n) is 3.03. The minimum absolute atomic E-state index is 0.154. The van der Waals surface area contributed by atoms with Crippen LogP contribution < -0.4 is 5.32 Å². The maximum absolute atomic E-state index is 6.16. The van der Waals surface area contributed by atoms with Gasteiger partial charge >= 0.3 is 9.28 Å². The predicted octanol–water partition coefficient (Wildman–Crippen LogP) is -0.117. The second-order valence-corrected chi connectivity index (χ2v) is 7.86. The number of hydrogen-bond acceptors (Lipinski definition) is 5. The van der Waals surface area contributed by atoms with Crippen LogP contribution >= 0.6 is 0 Å². The van der Waals surface area contributed by atoms with Crippen LogP contribution in [0.4, 0.5) is 0 Å². The maximum Gasteiger partial charge on any atom is 0.355 e. The normalized spacial score (nSPS) is 30.8. The van der Waals surface area contributed by atoms with Gasteiger partial charge in [-0.1, -0.05) is 0 Å². The van der Waals surface area contributed by atoms with Crippen molar-refractivity contribution in [3.05, 3.63) is 0 Å². The van der Waals surface area contributed by atoms with Crippen molar-refractivity contribution in [2.24, 2.45) is 0 Å². The van der Waals surface area contributed by atoms with Crippen LogP contribution in [0.1, 0.15) is 19.3 Å². The molecule has 6 heteroatoms. The Labute approximate surface area is 112 Å². The summed E-state index contributed by atoms with van der Waals surface area (Å²) >= 11 is 0. The van der Waals surface area contributed by atoms with E-state index < -0.39 is 9.28 Å². The minimum Gasteiger partial charge on any atom is -0.398 e. The van der Waals surface area contributed by atoms with E-state index in [-0.39, 0.29) is 5.22 Å². The molecule has 0 aromatic heterocycles. The van der Waals surface area contributed by atoms with Gasteiger partial charge in [0.25, 0.3) is 0 Å². The van der Waals surface area contributed by atoms with Crippen LogP contribution in [0.2, 0.25) is 0 Å². The number of ether oxygens (including phenoxy) is 1. The molecule has 106 valence electrons. The van der Waals surface area contributed by atoms with E-state index in [1.54, 1.807) is 14.2 Å². The summed E-state index contributed by atoms with van der Waals surface area (Å²) in [6.45, 7) is 6.15. The van der Waals surface area contributed by atoms with Crippen LogP contribution in [0.25, 0.3) is 0 Å². The third kappa shape index (κ3) is 3.31. The maximum atomic E-state index is 6.16. The van der Waals surface area contributed by atoms with Gasteiger partial charge in [0, 0.05) is 53.6 Å². The molecular formula is C12H26N2O3Si. The molecular weight excluding hydrogens is 248 g/mol. The highest BCUT2D eigenvalue weighted by Crippen LogP contribution is 2.29. The third-order valence-electron chi connectivity index (χ3n) is 3.94. The van der Waals surface area contributed by atoms with Crippen LogP contribution in [0.3, 0.4) is 0 Å². The summed E-state index contributed by atoms with van der Waals surface area (Å²) < 4.78 is 17.4. The summed E-state index contributed by atoms with van der Waals surface area (Å²) in [6.07, 6.45) is 3.47. The average molecular weight is 274 g/mol. The Balaban J connectivity index is 2.02. The first-order chi connectivity index (χ1) is 8.80. The van der Waals surface area contributed by atoms with Gasteiger partial charge in [-0.15, -0.1) is 0 Å². The topological polar surface area (TPSA) is 43.0 Å². The van der Waals surface area contributed by atoms with Gasteiger partial charge in [-0.2, -0.15) is 0 Å². The number of hydrogen-bond donors (Lipinski definition) is 1. The second-order valence-electron chi connectivity index (χ2n) is 5.20. The van der Waals surface area contributed by atoms with Crippen LogP contribution in [0.5, 0.6) is 0 Å². The predicted molar refractivity (Wildman–Crippen MR) is 73.0 cm³/mol. The van der Waals surface area contributed by atoms with Crippen molar-refractivity contribution < 1.29 is 13.6 Å². The van der Waals surface area contributed by atoms with E-state index in [2.05, 4.69) is 10.2 Å². The molecule has 18 heavy (non-hydrogen) atoms. The first-order valence-electron chi connectivity index (χ1n) is 6.93. The van der Waals surface area contributed by atoms with Crippen molar-refractivity contribution in [3.8, 4) is 0 Å². The number of nitrogens with one attached hydrogen (secondary N) is 1. The highest BCUT2D eigenvalue weighted by atomic mass is 28.3. The monoisotopic (exact) mass is 274 g/mol. The molecule has 1 unspecified atom stereocenters. The lowest BCUT2D eigenvalue weighted by Gasteiger charge is -2.44. The summed E-state index contributed by atoms with van der Waals surface area (Å²) in [5.74, 6) is 0. The van der Waals surface area contributed by atoms with Gasteiger partial charge in [-0.05, 0) is 19.3 Å². The van der Waals surface area contributed by atoms with Gasteiger partial charge in [0.1, 0.15) is 5.22 Å². The summed E-state index contributed by atoms with van der Waals surface area (Å²) in [5.41, 5.74) is 0. The largest absolute Gasteiger partial charge is 0.398 e. The van der Waals surface area contributed by atoms with Gasteiger partial charge in [-0.3, -0.25) is 4.90 Å². The van der Waals surface area contributed by atoms with E-state index in [0.717, 1.165) is 52.2 Å². The van der Waals surface area contributed by atoms with E-state index in [0.29, 0.717) is 0 Å². The second kappa shape index (κ2) is 6.98. The molecule has 5 nitrogen and oxygen atoms in total. The zero-order valence-corrected chi connectivity index (χ0v) is 12.8. The molecule has 1 N–H and O–H groups in total. The molecule has 2 rings (SSSR count). The van der Waals surface area contributed by atoms with Crippen LogP contribution in [-0.4, -0.2) is 73.0 Å². The highest BCUT2D eigenvalue weighted by Gasteiger charge is 2.46. The SMILES string of the molecule is CO[SiH](OC)C1(CN2CCNCC2)CCCCO1. The van der Waals surface area contributed by atoms with Gasteiger partial charge in [0.2, 0.25) is 0 Å². The lowest BCUT2D eigenvalue weighted by molar-refractivity contribution is -0.0656. The Morgan fingerprint density at radius 3 is 2.50 bits per heavy atom. The summed E-state index contributed by atoms with van der Waals surface area (Å²) in [5, 5.41) is 3.23. The number of rotatable bonds is 5. The fourth-order valence-corrected chi connectivity index (χ4v) is 5.19. The minimum atomic E-state index is -1.76. The van der Waals surface area contributed by atoms with E-state index in [1.165, 1.54) is 6.42 Å². The van der Waals surface area contributed by atoms with Crippen molar-refractivity contribution in [1.29, 1.82) is 0 Å². The number of nitrogens with zero attached hydrogens (tertiary/aromatic N) is 1. The molecule has 0 radical (unpaired) electrons. The molecule has 2 aliphatic rings. The molecule has 0 aromatic rings. The average Bonchev–Trinajstić information content (AvgIpc) is 2.42. The first-order valence-corrected chi connectivity index (χ1v) is 8.45. The first kappa shape index (κ1) is 14.4. The van der Waals surface area contributed by atoms with Gasteiger partial charge in [0.05, 0.1) is 0 Å². The Bertz CT molecular complexity index is 239. The molecule has 2 heterocycles. The van der Waals surface area contributed by atoms with Gasteiger partial charge < -0.3 is 18.9 Å². The van der Waals surface area contributed by atoms with Crippen LogP contribution in [0.15, 0.2) is 0 Å². The molecule has 0 amide bonds. The smallest absolute Gasteiger partial charge is 0.355 e. The Kier molecular flexibility index (Phi) is 5.59. The van der Waals surface area contributed by atoms with Crippen molar-refractivity contribution in [1.82, 2.24) is 10.2 Å². The molecule has 0 saturated carbocycles. The molecule has 2 saturated heterocycles.